The monoisotopic (exact) mass is 620 g/mol. The van der Waals surface area contributed by atoms with E-state index in [4.69, 9.17) is 4.74 Å². The molecule has 3 amide bonds. The number of rotatable bonds is 13. The highest BCUT2D eigenvalue weighted by atomic mass is 35.5. The highest BCUT2D eigenvalue weighted by Crippen LogP contribution is 2.28. The van der Waals surface area contributed by atoms with Gasteiger partial charge in [0.1, 0.15) is 11.5 Å². The van der Waals surface area contributed by atoms with Crippen molar-refractivity contribution in [3.63, 3.8) is 0 Å². The molecule has 228 valence electrons. The van der Waals surface area contributed by atoms with Gasteiger partial charge < -0.3 is 9.30 Å². The maximum atomic E-state index is 13.3. The standard InChI is InChI=1S/C28H35F3N4O4.2ClH/c1-4-6-9-24-32-18-22(35(24)19-20-10-12-21(13-11-20)26(37)39-3)17-23-25(36)34(15-7-5-2)27(38)33(23)16-8-14-28(29,30)31;;/h10-13,17-18H,4-9,14-16,19H2,1-3H3;2*1H. The highest BCUT2D eigenvalue weighted by Gasteiger charge is 2.41. The number of benzene rings is 1. The molecule has 2 aromatic rings. The summed E-state index contributed by atoms with van der Waals surface area (Å²) in [4.78, 5) is 44.9. The van der Waals surface area contributed by atoms with E-state index in [1.54, 1.807) is 36.5 Å². The van der Waals surface area contributed by atoms with Crippen LogP contribution < -0.4 is 0 Å². The lowest BCUT2D eigenvalue weighted by atomic mass is 10.1. The zero-order chi connectivity index (χ0) is 28.6. The van der Waals surface area contributed by atoms with Crippen molar-refractivity contribution in [3.05, 3.63) is 58.8 Å². The van der Waals surface area contributed by atoms with Crippen molar-refractivity contribution in [2.24, 2.45) is 0 Å². The van der Waals surface area contributed by atoms with Crippen LogP contribution in [0.15, 0.2) is 36.2 Å². The number of hydrogen-bond donors (Lipinski definition) is 0. The average Bonchev–Trinajstić information content (AvgIpc) is 3.38. The summed E-state index contributed by atoms with van der Waals surface area (Å²) >= 11 is 0. The molecule has 1 fully saturated rings. The maximum absolute atomic E-state index is 13.3. The second-order valence-electron chi connectivity index (χ2n) is 9.47. The first kappa shape index (κ1) is 36.0. The van der Waals surface area contributed by atoms with E-state index in [0.717, 1.165) is 40.5 Å². The number of aromatic nitrogens is 2. The Kier molecular flexibility index (Phi) is 14.4. The molecular weight excluding hydrogens is 584 g/mol. The number of aryl methyl sites for hydroxylation is 1. The van der Waals surface area contributed by atoms with E-state index >= 15 is 0 Å². The first-order valence-corrected chi connectivity index (χ1v) is 13.2. The molecule has 1 aliphatic heterocycles. The number of ether oxygens (including phenoxy) is 1. The minimum absolute atomic E-state index is 0. The molecule has 0 radical (unpaired) electrons. The third-order valence-corrected chi connectivity index (χ3v) is 6.52. The topological polar surface area (TPSA) is 84.7 Å². The van der Waals surface area contributed by atoms with E-state index in [2.05, 4.69) is 11.9 Å². The molecule has 13 heteroatoms. The first-order chi connectivity index (χ1) is 18.6. The minimum Gasteiger partial charge on any atom is -0.465 e. The molecule has 1 saturated heterocycles. The molecule has 0 atom stereocenters. The van der Waals surface area contributed by atoms with Crippen molar-refractivity contribution in [2.75, 3.05) is 20.2 Å². The van der Waals surface area contributed by atoms with Crippen LogP contribution in [0.1, 0.15) is 79.8 Å². The predicted octanol–water partition coefficient (Wildman–Crippen LogP) is 6.65. The fourth-order valence-electron chi connectivity index (χ4n) is 4.34. The van der Waals surface area contributed by atoms with Crippen LogP contribution in [0.5, 0.6) is 0 Å². The Balaban J connectivity index is 0.00000420. The van der Waals surface area contributed by atoms with Crippen molar-refractivity contribution in [1.29, 1.82) is 0 Å². The number of methoxy groups -OCH3 is 1. The number of carbonyl (C=O) groups excluding carboxylic acids is 3. The number of carbonyl (C=O) groups is 3. The van der Waals surface area contributed by atoms with E-state index in [1.165, 1.54) is 7.11 Å². The summed E-state index contributed by atoms with van der Waals surface area (Å²) in [7, 11) is 1.31. The Morgan fingerprint density at radius 1 is 0.976 bits per heavy atom. The van der Waals surface area contributed by atoms with Gasteiger partial charge in [-0.25, -0.2) is 14.6 Å². The SMILES string of the molecule is CCCCc1ncc(C=C2C(=O)N(CCCC)C(=O)N2CCCC(F)(F)F)n1Cc1ccc(C(=O)OC)cc1.Cl.Cl. The normalized spacial score (nSPS) is 14.3. The molecule has 3 rings (SSSR count). The summed E-state index contributed by atoms with van der Waals surface area (Å²) in [6.45, 7) is 4.36. The zero-order valence-electron chi connectivity index (χ0n) is 23.4. The number of imide groups is 1. The Hall–Kier alpha value is -3.05. The van der Waals surface area contributed by atoms with Gasteiger partial charge >= 0.3 is 18.2 Å². The molecule has 2 heterocycles. The van der Waals surface area contributed by atoms with Crippen LogP contribution in [0, 0.1) is 0 Å². The van der Waals surface area contributed by atoms with E-state index in [1.807, 2.05) is 11.5 Å². The van der Waals surface area contributed by atoms with E-state index in [-0.39, 0.29) is 50.0 Å². The third-order valence-electron chi connectivity index (χ3n) is 6.52. The Labute approximate surface area is 250 Å². The molecule has 0 spiro atoms. The summed E-state index contributed by atoms with van der Waals surface area (Å²) in [5.41, 5.74) is 1.89. The van der Waals surface area contributed by atoms with Gasteiger partial charge in [-0.3, -0.25) is 14.6 Å². The van der Waals surface area contributed by atoms with Crippen LogP contribution in [-0.4, -0.2) is 63.6 Å². The number of unbranched alkanes of at least 4 members (excludes halogenated alkanes) is 2. The molecule has 0 N–H and O–H groups in total. The smallest absolute Gasteiger partial charge is 0.389 e. The number of halogens is 5. The highest BCUT2D eigenvalue weighted by molar-refractivity contribution is 6.13. The molecule has 0 unspecified atom stereocenters. The molecule has 1 aromatic carbocycles. The molecule has 0 saturated carbocycles. The Morgan fingerprint density at radius 3 is 2.20 bits per heavy atom. The van der Waals surface area contributed by atoms with Gasteiger partial charge in [-0.1, -0.05) is 38.8 Å². The summed E-state index contributed by atoms with van der Waals surface area (Å²) in [5, 5.41) is 0. The largest absolute Gasteiger partial charge is 0.465 e. The molecular formula is C28H37Cl2F3N4O4. The molecule has 0 aliphatic carbocycles. The fourth-order valence-corrected chi connectivity index (χ4v) is 4.34. The second-order valence-corrected chi connectivity index (χ2v) is 9.47. The fraction of sp³-hybridized carbons (Fsp3) is 0.500. The van der Waals surface area contributed by atoms with Crippen LogP contribution in [0.2, 0.25) is 0 Å². The lowest BCUT2D eigenvalue weighted by Crippen LogP contribution is -2.34. The van der Waals surface area contributed by atoms with Gasteiger partial charge in [0.15, 0.2) is 0 Å². The second kappa shape index (κ2) is 16.4. The van der Waals surface area contributed by atoms with E-state index in [9.17, 15) is 27.6 Å². The van der Waals surface area contributed by atoms with E-state index in [0.29, 0.717) is 30.6 Å². The number of esters is 1. The molecule has 41 heavy (non-hydrogen) atoms. The Bertz CT molecular complexity index is 1200. The lowest BCUT2D eigenvalue weighted by Gasteiger charge is -2.18. The minimum atomic E-state index is -4.35. The molecule has 8 nitrogen and oxygen atoms in total. The van der Waals surface area contributed by atoms with E-state index < -0.39 is 30.5 Å². The van der Waals surface area contributed by atoms with Gasteiger partial charge in [0.05, 0.1) is 24.6 Å². The van der Waals surface area contributed by atoms with Gasteiger partial charge in [-0.05, 0) is 43.0 Å². The third kappa shape index (κ3) is 9.49. The van der Waals surface area contributed by atoms with Crippen molar-refractivity contribution in [3.8, 4) is 0 Å². The van der Waals surface area contributed by atoms with Crippen molar-refractivity contribution in [1.82, 2.24) is 19.4 Å². The summed E-state index contributed by atoms with van der Waals surface area (Å²) in [6.07, 6.45) is 1.33. The van der Waals surface area contributed by atoms with Crippen molar-refractivity contribution >= 4 is 48.8 Å². The van der Waals surface area contributed by atoms with Crippen LogP contribution in [0.3, 0.4) is 0 Å². The predicted molar refractivity (Wildman–Crippen MR) is 154 cm³/mol. The number of amides is 3. The van der Waals surface area contributed by atoms with Crippen LogP contribution in [0.4, 0.5) is 18.0 Å². The van der Waals surface area contributed by atoms with Gasteiger partial charge in [-0.15, -0.1) is 24.8 Å². The Morgan fingerprint density at radius 2 is 1.61 bits per heavy atom. The number of urea groups is 1. The average molecular weight is 622 g/mol. The lowest BCUT2D eigenvalue weighted by molar-refractivity contribution is -0.135. The molecule has 1 aliphatic rings. The molecule has 0 bridgehead atoms. The van der Waals surface area contributed by atoms with Crippen molar-refractivity contribution < 1.29 is 32.3 Å². The van der Waals surface area contributed by atoms with Gasteiger partial charge in [-0.2, -0.15) is 13.2 Å². The van der Waals surface area contributed by atoms with Gasteiger partial charge in [0.2, 0.25) is 0 Å². The van der Waals surface area contributed by atoms with Crippen LogP contribution >= 0.6 is 24.8 Å². The zero-order valence-corrected chi connectivity index (χ0v) is 25.0. The first-order valence-electron chi connectivity index (χ1n) is 13.2. The number of alkyl halides is 3. The summed E-state index contributed by atoms with van der Waals surface area (Å²) in [5.74, 6) is -0.185. The number of hydrogen-bond acceptors (Lipinski definition) is 5. The van der Waals surface area contributed by atoms with Crippen molar-refractivity contribution in [2.45, 2.75) is 71.5 Å². The quantitative estimate of drug-likeness (QED) is 0.142. The number of nitrogens with zero attached hydrogens (tertiary/aromatic N) is 4. The maximum Gasteiger partial charge on any atom is 0.389 e. The van der Waals surface area contributed by atoms with Crippen LogP contribution in [0.25, 0.3) is 6.08 Å². The van der Waals surface area contributed by atoms with Gasteiger partial charge in [0.25, 0.3) is 5.91 Å². The summed E-state index contributed by atoms with van der Waals surface area (Å²) in [6, 6.07) is 6.32. The van der Waals surface area contributed by atoms with Crippen LogP contribution in [-0.2, 0) is 22.5 Å². The van der Waals surface area contributed by atoms with Gasteiger partial charge in [0, 0.05) is 32.5 Å². The molecule has 1 aromatic heterocycles. The summed E-state index contributed by atoms with van der Waals surface area (Å²) < 4.78 is 45.1. The number of imidazole rings is 1.